The van der Waals surface area contributed by atoms with Crippen LogP contribution in [0.2, 0.25) is 0 Å². The van der Waals surface area contributed by atoms with Crippen LogP contribution in [0.5, 0.6) is 0 Å². The van der Waals surface area contributed by atoms with Crippen molar-refractivity contribution in [1.29, 1.82) is 0 Å². The minimum Gasteiger partial charge on any atom is -0.367 e. The molecule has 0 aromatic carbocycles. The SMILES string of the molecule is CCC(N)(CC)CNc1ncncc1Br. The molecule has 0 fully saturated rings. The molecular formula is C10H17BrN4. The van der Waals surface area contributed by atoms with E-state index in [1.807, 2.05) is 0 Å². The summed E-state index contributed by atoms with van der Waals surface area (Å²) in [6.07, 6.45) is 5.12. The van der Waals surface area contributed by atoms with E-state index in [-0.39, 0.29) is 5.54 Å². The van der Waals surface area contributed by atoms with Gasteiger partial charge in [0.05, 0.1) is 4.47 Å². The van der Waals surface area contributed by atoms with Crippen molar-refractivity contribution in [2.75, 3.05) is 11.9 Å². The van der Waals surface area contributed by atoms with E-state index in [0.717, 1.165) is 29.7 Å². The molecule has 0 radical (unpaired) electrons. The van der Waals surface area contributed by atoms with Gasteiger partial charge in [-0.2, -0.15) is 0 Å². The van der Waals surface area contributed by atoms with Crippen molar-refractivity contribution in [3.05, 3.63) is 17.0 Å². The minimum atomic E-state index is -0.162. The van der Waals surface area contributed by atoms with Crippen LogP contribution in [-0.2, 0) is 0 Å². The van der Waals surface area contributed by atoms with E-state index in [1.165, 1.54) is 6.33 Å². The molecule has 1 aromatic heterocycles. The molecule has 0 unspecified atom stereocenters. The van der Waals surface area contributed by atoms with Crippen LogP contribution in [0.4, 0.5) is 5.82 Å². The van der Waals surface area contributed by atoms with Crippen LogP contribution in [0.15, 0.2) is 17.0 Å². The molecule has 0 saturated heterocycles. The van der Waals surface area contributed by atoms with E-state index in [2.05, 4.69) is 45.1 Å². The number of aromatic nitrogens is 2. The maximum atomic E-state index is 6.17. The van der Waals surface area contributed by atoms with Crippen molar-refractivity contribution in [2.45, 2.75) is 32.2 Å². The number of nitrogens with two attached hydrogens (primary N) is 1. The Kier molecular flexibility index (Phi) is 4.47. The largest absolute Gasteiger partial charge is 0.367 e. The van der Waals surface area contributed by atoms with E-state index in [0.29, 0.717) is 0 Å². The zero-order valence-electron chi connectivity index (χ0n) is 9.13. The quantitative estimate of drug-likeness (QED) is 0.863. The topological polar surface area (TPSA) is 63.8 Å². The molecule has 5 heteroatoms. The molecule has 0 bridgehead atoms. The summed E-state index contributed by atoms with van der Waals surface area (Å²) < 4.78 is 0.861. The predicted molar refractivity (Wildman–Crippen MR) is 65.7 cm³/mol. The molecular weight excluding hydrogens is 256 g/mol. The molecule has 0 spiro atoms. The molecule has 0 aliphatic heterocycles. The van der Waals surface area contributed by atoms with Gasteiger partial charge >= 0.3 is 0 Å². The summed E-state index contributed by atoms with van der Waals surface area (Å²) >= 11 is 3.38. The van der Waals surface area contributed by atoms with Crippen molar-refractivity contribution in [1.82, 2.24) is 9.97 Å². The first-order valence-electron chi connectivity index (χ1n) is 5.09. The van der Waals surface area contributed by atoms with Gasteiger partial charge in [0.25, 0.3) is 0 Å². The van der Waals surface area contributed by atoms with Crippen molar-refractivity contribution in [2.24, 2.45) is 5.73 Å². The molecule has 1 aromatic rings. The Bertz CT molecular complexity index is 312. The maximum absolute atomic E-state index is 6.17. The van der Waals surface area contributed by atoms with Crippen molar-refractivity contribution in [3.63, 3.8) is 0 Å². The van der Waals surface area contributed by atoms with Gasteiger partial charge in [-0.25, -0.2) is 9.97 Å². The molecule has 4 nitrogen and oxygen atoms in total. The average molecular weight is 273 g/mol. The first-order valence-corrected chi connectivity index (χ1v) is 5.89. The molecule has 0 amide bonds. The molecule has 0 aliphatic carbocycles. The lowest BCUT2D eigenvalue weighted by atomic mass is 9.94. The highest BCUT2D eigenvalue weighted by Gasteiger charge is 2.20. The number of anilines is 1. The summed E-state index contributed by atoms with van der Waals surface area (Å²) in [5, 5.41) is 3.23. The third-order valence-electron chi connectivity index (χ3n) is 2.68. The highest BCUT2D eigenvalue weighted by Crippen LogP contribution is 2.19. The van der Waals surface area contributed by atoms with E-state index in [4.69, 9.17) is 5.73 Å². The third-order valence-corrected chi connectivity index (χ3v) is 3.26. The summed E-state index contributed by atoms with van der Waals surface area (Å²) in [7, 11) is 0. The second-order valence-electron chi connectivity index (χ2n) is 3.64. The smallest absolute Gasteiger partial charge is 0.143 e. The highest BCUT2D eigenvalue weighted by atomic mass is 79.9. The Hall–Kier alpha value is -0.680. The van der Waals surface area contributed by atoms with Gasteiger partial charge in [0, 0.05) is 18.3 Å². The van der Waals surface area contributed by atoms with Crippen LogP contribution < -0.4 is 11.1 Å². The Morgan fingerprint density at radius 2 is 2.13 bits per heavy atom. The molecule has 0 saturated carbocycles. The lowest BCUT2D eigenvalue weighted by molar-refractivity contribution is 0.417. The number of nitrogens with zero attached hydrogens (tertiary/aromatic N) is 2. The zero-order valence-corrected chi connectivity index (χ0v) is 10.7. The van der Waals surface area contributed by atoms with Gasteiger partial charge in [-0.3, -0.25) is 0 Å². The number of hydrogen-bond donors (Lipinski definition) is 2. The zero-order chi connectivity index (χ0) is 11.3. The third kappa shape index (κ3) is 3.43. The molecule has 3 N–H and O–H groups in total. The highest BCUT2D eigenvalue weighted by molar-refractivity contribution is 9.10. The van der Waals surface area contributed by atoms with Gasteiger partial charge in [-0.05, 0) is 28.8 Å². The summed E-state index contributed by atoms with van der Waals surface area (Å²) in [4.78, 5) is 8.03. The van der Waals surface area contributed by atoms with Gasteiger partial charge in [0.15, 0.2) is 0 Å². The van der Waals surface area contributed by atoms with Crippen LogP contribution >= 0.6 is 15.9 Å². The number of nitrogens with one attached hydrogen (secondary N) is 1. The van der Waals surface area contributed by atoms with Crippen LogP contribution in [0, 0.1) is 0 Å². The van der Waals surface area contributed by atoms with Gasteiger partial charge < -0.3 is 11.1 Å². The molecule has 1 rings (SSSR count). The standard InChI is InChI=1S/C10H17BrN4/c1-3-10(12,4-2)6-14-9-8(11)5-13-7-15-9/h5,7H,3-4,6,12H2,1-2H3,(H,13,14,15). The first kappa shape index (κ1) is 12.4. The van der Waals surface area contributed by atoms with Crippen molar-refractivity contribution < 1.29 is 0 Å². The van der Waals surface area contributed by atoms with E-state index >= 15 is 0 Å². The van der Waals surface area contributed by atoms with Gasteiger partial charge in [0.1, 0.15) is 12.1 Å². The van der Waals surface area contributed by atoms with Crippen LogP contribution in [0.25, 0.3) is 0 Å². The number of rotatable bonds is 5. The van der Waals surface area contributed by atoms with Crippen LogP contribution in [0.3, 0.4) is 0 Å². The Balaban J connectivity index is 2.61. The van der Waals surface area contributed by atoms with E-state index in [1.54, 1.807) is 6.20 Å². The minimum absolute atomic E-state index is 0.162. The van der Waals surface area contributed by atoms with Crippen molar-refractivity contribution in [3.8, 4) is 0 Å². The summed E-state index contributed by atoms with van der Waals surface area (Å²) in [6.45, 7) is 4.91. The van der Waals surface area contributed by atoms with E-state index < -0.39 is 0 Å². The second kappa shape index (κ2) is 5.42. The Morgan fingerprint density at radius 1 is 1.47 bits per heavy atom. The summed E-state index contributed by atoms with van der Waals surface area (Å²) in [6, 6.07) is 0. The van der Waals surface area contributed by atoms with Gasteiger partial charge in [-0.15, -0.1) is 0 Å². The van der Waals surface area contributed by atoms with Crippen LogP contribution in [-0.4, -0.2) is 22.1 Å². The van der Waals surface area contributed by atoms with Gasteiger partial charge in [-0.1, -0.05) is 13.8 Å². The fourth-order valence-electron chi connectivity index (χ4n) is 1.20. The molecule has 0 aliphatic rings. The molecule has 15 heavy (non-hydrogen) atoms. The summed E-state index contributed by atoms with van der Waals surface area (Å²) in [5.74, 6) is 0.793. The Labute approximate surface area is 98.8 Å². The number of hydrogen-bond acceptors (Lipinski definition) is 4. The fraction of sp³-hybridized carbons (Fsp3) is 0.600. The number of halogens is 1. The maximum Gasteiger partial charge on any atom is 0.143 e. The normalized spacial score (nSPS) is 11.5. The van der Waals surface area contributed by atoms with Gasteiger partial charge in [0.2, 0.25) is 0 Å². The lowest BCUT2D eigenvalue weighted by Crippen LogP contribution is -2.45. The van der Waals surface area contributed by atoms with Crippen molar-refractivity contribution >= 4 is 21.7 Å². The average Bonchev–Trinajstić information content (AvgIpc) is 2.28. The summed E-state index contributed by atoms with van der Waals surface area (Å²) in [5.41, 5.74) is 6.01. The van der Waals surface area contributed by atoms with E-state index in [9.17, 15) is 0 Å². The molecule has 84 valence electrons. The monoisotopic (exact) mass is 272 g/mol. The predicted octanol–water partition coefficient (Wildman–Crippen LogP) is 2.17. The van der Waals surface area contributed by atoms with Crippen LogP contribution in [0.1, 0.15) is 26.7 Å². The molecule has 0 atom stereocenters. The second-order valence-corrected chi connectivity index (χ2v) is 4.50. The lowest BCUT2D eigenvalue weighted by Gasteiger charge is -2.27. The first-order chi connectivity index (χ1) is 7.11. The fourth-order valence-corrected chi connectivity index (χ4v) is 1.56. The Morgan fingerprint density at radius 3 is 2.67 bits per heavy atom. The molecule has 1 heterocycles.